The summed E-state index contributed by atoms with van der Waals surface area (Å²) in [6.45, 7) is 2.09. The van der Waals surface area contributed by atoms with Gasteiger partial charge in [-0.3, -0.25) is 14.4 Å². The summed E-state index contributed by atoms with van der Waals surface area (Å²) in [7, 11) is 3.35. The number of allylic oxidation sites excluding steroid dienone is 1. The lowest BCUT2D eigenvalue weighted by molar-refractivity contribution is -0.145. The second-order valence-corrected chi connectivity index (χ2v) is 8.71. The van der Waals surface area contributed by atoms with Crippen molar-refractivity contribution >= 4 is 17.9 Å². The highest BCUT2D eigenvalue weighted by atomic mass is 16.3. The molecule has 1 aromatic heterocycles. The Morgan fingerprint density at radius 2 is 2.00 bits per heavy atom. The molecule has 4 rings (SSSR count). The molecule has 4 atom stereocenters. The van der Waals surface area contributed by atoms with Gasteiger partial charge in [0.1, 0.15) is 6.04 Å². The van der Waals surface area contributed by atoms with E-state index in [2.05, 4.69) is 0 Å². The van der Waals surface area contributed by atoms with Crippen LogP contribution in [0.15, 0.2) is 23.0 Å². The first-order valence-electron chi connectivity index (χ1n) is 10.4. The van der Waals surface area contributed by atoms with Gasteiger partial charge in [0.25, 0.3) is 5.56 Å². The quantitative estimate of drug-likeness (QED) is 0.808. The summed E-state index contributed by atoms with van der Waals surface area (Å²) in [5.41, 5.74) is 1.29. The van der Waals surface area contributed by atoms with Crippen molar-refractivity contribution in [3.05, 3.63) is 39.8 Å². The predicted octanol–water partition coefficient (Wildman–Crippen LogP) is 1.26. The van der Waals surface area contributed by atoms with Crippen LogP contribution in [0, 0.1) is 17.8 Å². The zero-order chi connectivity index (χ0) is 20.9. The first-order valence-corrected chi connectivity index (χ1v) is 10.4. The fraction of sp³-hybridized carbons (Fsp3) is 0.591. The van der Waals surface area contributed by atoms with Gasteiger partial charge in [0.15, 0.2) is 0 Å². The molecular weight excluding hydrogens is 370 g/mol. The predicted molar refractivity (Wildman–Crippen MR) is 109 cm³/mol. The lowest BCUT2D eigenvalue weighted by Crippen LogP contribution is -2.50. The summed E-state index contributed by atoms with van der Waals surface area (Å²) >= 11 is 0. The van der Waals surface area contributed by atoms with Crippen molar-refractivity contribution in [3.63, 3.8) is 0 Å². The summed E-state index contributed by atoms with van der Waals surface area (Å²) in [5, 5.41) is 10.2. The van der Waals surface area contributed by atoms with Gasteiger partial charge < -0.3 is 19.5 Å². The zero-order valence-electron chi connectivity index (χ0n) is 17.2. The smallest absolute Gasteiger partial charge is 0.258 e. The maximum atomic E-state index is 13.3. The number of hydrogen-bond donors (Lipinski definition) is 1. The molecule has 1 N–H and O–H groups in total. The van der Waals surface area contributed by atoms with Gasteiger partial charge >= 0.3 is 0 Å². The number of fused-ring (bicyclic) bond motifs is 3. The number of nitrogens with zero attached hydrogens (tertiary/aromatic N) is 3. The van der Waals surface area contributed by atoms with E-state index in [1.54, 1.807) is 35.7 Å². The molecule has 0 bridgehead atoms. The standard InChI is InChI=1S/C22H29N3O4/c1-4-5-14-8-9-17-19-15(11-24(17)21(14)28)16(12-26)20(22(29)23(2)3)25(19)18(27)10-13-6-7-13/h4-5,8-9,13,15-16,19-20,26H,6-7,10-12H2,1-3H3/b5-4+/t15-,16-,19+,20-/m1/s1. The van der Waals surface area contributed by atoms with Gasteiger partial charge in [0.2, 0.25) is 11.8 Å². The Morgan fingerprint density at radius 3 is 2.59 bits per heavy atom. The summed E-state index contributed by atoms with van der Waals surface area (Å²) in [6.07, 6.45) is 6.13. The number of amides is 2. The van der Waals surface area contributed by atoms with Gasteiger partial charge in [0, 0.05) is 56.8 Å². The first-order chi connectivity index (χ1) is 13.9. The third kappa shape index (κ3) is 3.21. The van der Waals surface area contributed by atoms with Crippen molar-refractivity contribution in [2.24, 2.45) is 17.8 Å². The lowest BCUT2D eigenvalue weighted by Gasteiger charge is -2.32. The van der Waals surface area contributed by atoms with Crippen LogP contribution in [0.1, 0.15) is 43.5 Å². The Hall–Kier alpha value is -2.41. The van der Waals surface area contributed by atoms with E-state index in [0.29, 0.717) is 24.4 Å². The van der Waals surface area contributed by atoms with Gasteiger partial charge in [0.05, 0.1) is 6.04 Å². The van der Waals surface area contributed by atoms with Crippen LogP contribution in [0.4, 0.5) is 0 Å². The summed E-state index contributed by atoms with van der Waals surface area (Å²) in [6, 6.07) is 2.65. The van der Waals surface area contributed by atoms with E-state index < -0.39 is 6.04 Å². The van der Waals surface area contributed by atoms with Crippen LogP contribution in [0.25, 0.3) is 6.08 Å². The highest BCUT2D eigenvalue weighted by molar-refractivity contribution is 5.89. The van der Waals surface area contributed by atoms with Gasteiger partial charge in [-0.25, -0.2) is 0 Å². The normalized spacial score (nSPS) is 27.9. The zero-order valence-corrected chi connectivity index (χ0v) is 17.2. The topological polar surface area (TPSA) is 82.8 Å². The van der Waals surface area contributed by atoms with Gasteiger partial charge in [-0.05, 0) is 37.8 Å². The van der Waals surface area contributed by atoms with Crippen LogP contribution >= 0.6 is 0 Å². The third-order valence-corrected chi connectivity index (χ3v) is 6.59. The molecule has 2 aliphatic heterocycles. The van der Waals surface area contributed by atoms with Crippen molar-refractivity contribution in [1.29, 1.82) is 0 Å². The SMILES string of the molecule is C/C=C/c1ccc2n(c1=O)C[C@@H]1[C@@H](CO)[C@H](C(=O)N(C)C)N(C(=O)CC3CC3)[C@H]21. The van der Waals surface area contributed by atoms with Gasteiger partial charge in [-0.15, -0.1) is 0 Å². The number of carbonyl (C=O) groups is 2. The Bertz CT molecular complexity index is 915. The van der Waals surface area contributed by atoms with Crippen LogP contribution in [0.3, 0.4) is 0 Å². The lowest BCUT2D eigenvalue weighted by atomic mass is 9.88. The van der Waals surface area contributed by atoms with Gasteiger partial charge in [-0.2, -0.15) is 0 Å². The highest BCUT2D eigenvalue weighted by Gasteiger charge is 2.57. The second kappa shape index (κ2) is 7.44. The molecule has 156 valence electrons. The van der Waals surface area contributed by atoms with Crippen LogP contribution in [-0.2, 0) is 16.1 Å². The number of pyridine rings is 1. The van der Waals surface area contributed by atoms with Crippen molar-refractivity contribution in [2.75, 3.05) is 20.7 Å². The van der Waals surface area contributed by atoms with Crippen LogP contribution < -0.4 is 5.56 Å². The molecule has 0 spiro atoms. The molecule has 2 fully saturated rings. The largest absolute Gasteiger partial charge is 0.396 e. The van der Waals surface area contributed by atoms with E-state index in [9.17, 15) is 19.5 Å². The molecule has 3 aliphatic rings. The molecule has 29 heavy (non-hydrogen) atoms. The minimum Gasteiger partial charge on any atom is -0.396 e. The number of hydrogen-bond acceptors (Lipinski definition) is 4. The van der Waals surface area contributed by atoms with Crippen molar-refractivity contribution in [1.82, 2.24) is 14.4 Å². The fourth-order valence-electron chi connectivity index (χ4n) is 5.01. The maximum Gasteiger partial charge on any atom is 0.258 e. The maximum absolute atomic E-state index is 13.3. The monoisotopic (exact) mass is 399 g/mol. The number of aliphatic hydroxyl groups is 1. The molecule has 0 unspecified atom stereocenters. The van der Waals surface area contributed by atoms with Gasteiger partial charge in [-0.1, -0.05) is 12.2 Å². The summed E-state index contributed by atoms with van der Waals surface area (Å²) in [5.74, 6) is -0.350. The molecule has 1 aliphatic carbocycles. The van der Waals surface area contributed by atoms with Crippen molar-refractivity contribution < 1.29 is 14.7 Å². The van der Waals surface area contributed by atoms with E-state index in [1.165, 1.54) is 4.90 Å². The summed E-state index contributed by atoms with van der Waals surface area (Å²) in [4.78, 5) is 42.4. The van der Waals surface area contributed by atoms with E-state index >= 15 is 0 Å². The Kier molecular flexibility index (Phi) is 5.11. The van der Waals surface area contributed by atoms with Crippen LogP contribution in [0.5, 0.6) is 0 Å². The molecule has 7 heteroatoms. The van der Waals surface area contributed by atoms with Crippen LogP contribution in [0.2, 0.25) is 0 Å². The van der Waals surface area contributed by atoms with E-state index in [-0.39, 0.29) is 41.9 Å². The average molecular weight is 399 g/mol. The molecule has 0 radical (unpaired) electrons. The molecule has 3 heterocycles. The molecule has 2 amide bonds. The molecule has 1 saturated carbocycles. The number of likely N-dealkylation sites (tertiary alicyclic amines) is 1. The highest BCUT2D eigenvalue weighted by Crippen LogP contribution is 2.50. The number of likely N-dealkylation sites (N-methyl/N-ethyl adjacent to an activating group) is 1. The minimum atomic E-state index is -0.685. The number of carbonyl (C=O) groups excluding carboxylic acids is 2. The third-order valence-electron chi connectivity index (χ3n) is 6.59. The number of aliphatic hydroxyl groups excluding tert-OH is 1. The Morgan fingerprint density at radius 1 is 1.28 bits per heavy atom. The van der Waals surface area contributed by atoms with E-state index in [4.69, 9.17) is 0 Å². The van der Waals surface area contributed by atoms with E-state index in [0.717, 1.165) is 18.5 Å². The fourth-order valence-corrected chi connectivity index (χ4v) is 5.01. The van der Waals surface area contributed by atoms with E-state index in [1.807, 2.05) is 19.1 Å². The summed E-state index contributed by atoms with van der Waals surface area (Å²) < 4.78 is 1.72. The molecule has 1 saturated heterocycles. The number of rotatable bonds is 5. The molecule has 0 aromatic carbocycles. The Labute approximate surface area is 170 Å². The molecular formula is C22H29N3O4. The molecule has 1 aromatic rings. The second-order valence-electron chi connectivity index (χ2n) is 8.71. The minimum absolute atomic E-state index is 0.0444. The molecule has 7 nitrogen and oxygen atoms in total. The Balaban J connectivity index is 1.80. The van der Waals surface area contributed by atoms with Crippen molar-refractivity contribution in [2.45, 2.75) is 44.8 Å². The average Bonchev–Trinajstić information content (AvgIpc) is 3.32. The van der Waals surface area contributed by atoms with Crippen molar-refractivity contribution in [3.8, 4) is 0 Å². The first kappa shape index (κ1) is 19.9. The number of aromatic nitrogens is 1. The van der Waals surface area contributed by atoms with Crippen LogP contribution in [-0.4, -0.2) is 58.0 Å².